The first kappa shape index (κ1) is 30.3. The highest BCUT2D eigenvalue weighted by molar-refractivity contribution is 6.09. The molecule has 0 atom stereocenters. The summed E-state index contributed by atoms with van der Waals surface area (Å²) in [5.74, 6) is 0. The standard InChI is InChI=1S/C50H36N2/c1-50(2)45-31-38(25-27-41(45)42-28-26-39(32-46(42)50)35-21-23-36(24-22-35)47-14-7-8-29-51-47)34-19-17-33(18-20-34)37-10-9-11-40(30-37)52-48-15-5-3-12-43(48)44-13-4-6-16-49(44)52/h3-32H,1-2H3. The zero-order chi connectivity index (χ0) is 34.8. The summed E-state index contributed by atoms with van der Waals surface area (Å²) in [5.41, 5.74) is 18.4. The summed E-state index contributed by atoms with van der Waals surface area (Å²) in [6.07, 6.45) is 1.85. The molecule has 0 fully saturated rings. The van der Waals surface area contributed by atoms with E-state index in [0.717, 1.165) is 11.3 Å². The molecule has 0 amide bonds. The molecule has 1 aliphatic rings. The number of fused-ring (bicyclic) bond motifs is 6. The van der Waals surface area contributed by atoms with Gasteiger partial charge in [0.15, 0.2) is 0 Å². The molecule has 0 saturated carbocycles. The molecular formula is C50H36N2. The van der Waals surface area contributed by atoms with E-state index in [2.05, 4.69) is 187 Å². The van der Waals surface area contributed by atoms with Crippen LogP contribution in [0.5, 0.6) is 0 Å². The minimum absolute atomic E-state index is 0.113. The van der Waals surface area contributed by atoms with Gasteiger partial charge in [-0.25, -0.2) is 0 Å². The molecule has 2 nitrogen and oxygen atoms in total. The van der Waals surface area contributed by atoms with Gasteiger partial charge in [0.2, 0.25) is 0 Å². The lowest BCUT2D eigenvalue weighted by Gasteiger charge is -2.22. The molecule has 0 bridgehead atoms. The summed E-state index contributed by atoms with van der Waals surface area (Å²) in [4.78, 5) is 4.52. The van der Waals surface area contributed by atoms with E-state index >= 15 is 0 Å². The van der Waals surface area contributed by atoms with Crippen molar-refractivity contribution < 1.29 is 0 Å². The van der Waals surface area contributed by atoms with Crippen molar-refractivity contribution in [2.75, 3.05) is 0 Å². The summed E-state index contributed by atoms with van der Waals surface area (Å²) in [5, 5.41) is 2.56. The normalized spacial score (nSPS) is 13.0. The van der Waals surface area contributed by atoms with Gasteiger partial charge in [0, 0.05) is 33.6 Å². The molecule has 0 aliphatic heterocycles. The maximum Gasteiger partial charge on any atom is 0.0701 e. The fraction of sp³-hybridized carbons (Fsp3) is 0.0600. The summed E-state index contributed by atoms with van der Waals surface area (Å²) < 4.78 is 2.38. The van der Waals surface area contributed by atoms with Crippen molar-refractivity contribution in [3.05, 3.63) is 193 Å². The van der Waals surface area contributed by atoms with Crippen LogP contribution < -0.4 is 0 Å². The van der Waals surface area contributed by atoms with Crippen molar-refractivity contribution >= 4 is 21.8 Å². The van der Waals surface area contributed by atoms with Crippen LogP contribution in [0, 0.1) is 0 Å². The van der Waals surface area contributed by atoms with Crippen LogP contribution in [0.3, 0.4) is 0 Å². The first-order chi connectivity index (χ1) is 25.5. The minimum atomic E-state index is -0.113. The van der Waals surface area contributed by atoms with Gasteiger partial charge in [-0.2, -0.15) is 0 Å². The Kier molecular flexibility index (Phi) is 6.87. The first-order valence-corrected chi connectivity index (χ1v) is 18.0. The Hall–Kier alpha value is -6.51. The molecule has 0 saturated heterocycles. The SMILES string of the molecule is CC1(C)c2cc(-c3ccc(-c4cccc(-n5c6ccccc6c6ccccc65)c4)cc3)ccc2-c2ccc(-c3ccc(-c4ccccn4)cc3)cc21. The van der Waals surface area contributed by atoms with E-state index in [-0.39, 0.29) is 5.41 Å². The largest absolute Gasteiger partial charge is 0.309 e. The number of hydrogen-bond donors (Lipinski definition) is 0. The Morgan fingerprint density at radius 1 is 0.404 bits per heavy atom. The van der Waals surface area contributed by atoms with Gasteiger partial charge in [0.1, 0.15) is 0 Å². The third-order valence-electron chi connectivity index (χ3n) is 11.1. The van der Waals surface area contributed by atoms with Crippen molar-refractivity contribution in [2.45, 2.75) is 19.3 Å². The Labute approximate surface area is 304 Å². The quantitative estimate of drug-likeness (QED) is 0.179. The zero-order valence-corrected chi connectivity index (χ0v) is 29.2. The van der Waals surface area contributed by atoms with Crippen molar-refractivity contribution in [3.63, 3.8) is 0 Å². The van der Waals surface area contributed by atoms with E-state index in [0.29, 0.717) is 0 Å². The lowest BCUT2D eigenvalue weighted by molar-refractivity contribution is 0.661. The molecule has 10 rings (SSSR count). The molecule has 246 valence electrons. The molecule has 0 N–H and O–H groups in total. The molecule has 0 radical (unpaired) electrons. The highest BCUT2D eigenvalue weighted by Crippen LogP contribution is 2.50. The molecular weight excluding hydrogens is 629 g/mol. The van der Waals surface area contributed by atoms with Gasteiger partial charge < -0.3 is 4.57 Å². The lowest BCUT2D eigenvalue weighted by Crippen LogP contribution is -2.15. The Bertz CT molecular complexity index is 2730. The minimum Gasteiger partial charge on any atom is -0.309 e. The number of para-hydroxylation sites is 2. The molecule has 9 aromatic rings. The van der Waals surface area contributed by atoms with Gasteiger partial charge in [0.25, 0.3) is 0 Å². The van der Waals surface area contributed by atoms with Crippen LogP contribution in [0.4, 0.5) is 0 Å². The maximum atomic E-state index is 4.52. The number of pyridine rings is 1. The lowest BCUT2D eigenvalue weighted by atomic mass is 9.81. The van der Waals surface area contributed by atoms with Crippen molar-refractivity contribution in [2.24, 2.45) is 0 Å². The highest BCUT2D eigenvalue weighted by Gasteiger charge is 2.35. The van der Waals surface area contributed by atoms with Gasteiger partial charge in [-0.05, 0) is 104 Å². The van der Waals surface area contributed by atoms with E-state index in [1.54, 1.807) is 0 Å². The van der Waals surface area contributed by atoms with E-state index in [1.807, 2.05) is 18.3 Å². The van der Waals surface area contributed by atoms with Crippen molar-refractivity contribution in [1.29, 1.82) is 0 Å². The number of aromatic nitrogens is 2. The second-order valence-corrected chi connectivity index (χ2v) is 14.4. The van der Waals surface area contributed by atoms with Gasteiger partial charge in [0.05, 0.1) is 16.7 Å². The predicted molar refractivity (Wildman–Crippen MR) is 218 cm³/mol. The second kappa shape index (κ2) is 11.8. The first-order valence-electron chi connectivity index (χ1n) is 18.0. The Morgan fingerprint density at radius 2 is 0.885 bits per heavy atom. The van der Waals surface area contributed by atoms with Crippen molar-refractivity contribution in [3.8, 4) is 61.5 Å². The van der Waals surface area contributed by atoms with Crippen LogP contribution in [0.25, 0.3) is 83.3 Å². The molecule has 0 unspecified atom stereocenters. The molecule has 2 heterocycles. The van der Waals surface area contributed by atoms with E-state index in [1.165, 1.54) is 83.1 Å². The smallest absolute Gasteiger partial charge is 0.0701 e. The predicted octanol–water partition coefficient (Wildman–Crippen LogP) is 13.2. The fourth-order valence-corrected chi connectivity index (χ4v) is 8.34. The molecule has 2 aromatic heterocycles. The van der Waals surface area contributed by atoms with Gasteiger partial charge in [-0.15, -0.1) is 0 Å². The third kappa shape index (κ3) is 4.83. The number of nitrogens with zero attached hydrogens (tertiary/aromatic N) is 2. The van der Waals surface area contributed by atoms with Gasteiger partial charge in [-0.1, -0.05) is 141 Å². The fourth-order valence-electron chi connectivity index (χ4n) is 8.34. The summed E-state index contributed by atoms with van der Waals surface area (Å²) >= 11 is 0. The maximum absolute atomic E-state index is 4.52. The molecule has 7 aromatic carbocycles. The van der Waals surface area contributed by atoms with Gasteiger partial charge in [-0.3, -0.25) is 4.98 Å². The van der Waals surface area contributed by atoms with Crippen LogP contribution in [0.2, 0.25) is 0 Å². The van der Waals surface area contributed by atoms with E-state index in [4.69, 9.17) is 0 Å². The molecule has 2 heteroatoms. The topological polar surface area (TPSA) is 17.8 Å². The van der Waals surface area contributed by atoms with Gasteiger partial charge >= 0.3 is 0 Å². The zero-order valence-electron chi connectivity index (χ0n) is 29.2. The Morgan fingerprint density at radius 3 is 1.42 bits per heavy atom. The summed E-state index contributed by atoms with van der Waals surface area (Å²) in [7, 11) is 0. The van der Waals surface area contributed by atoms with Crippen LogP contribution in [-0.4, -0.2) is 9.55 Å². The number of hydrogen-bond acceptors (Lipinski definition) is 1. The molecule has 52 heavy (non-hydrogen) atoms. The van der Waals surface area contributed by atoms with E-state index < -0.39 is 0 Å². The van der Waals surface area contributed by atoms with Crippen LogP contribution in [0.1, 0.15) is 25.0 Å². The molecule has 0 spiro atoms. The highest BCUT2D eigenvalue weighted by atomic mass is 15.0. The monoisotopic (exact) mass is 664 g/mol. The van der Waals surface area contributed by atoms with Crippen molar-refractivity contribution in [1.82, 2.24) is 9.55 Å². The van der Waals surface area contributed by atoms with Crippen LogP contribution in [0.15, 0.2) is 182 Å². The summed E-state index contributed by atoms with van der Waals surface area (Å²) in [6.45, 7) is 4.73. The Balaban J connectivity index is 0.945. The average Bonchev–Trinajstić information content (AvgIpc) is 3.66. The van der Waals surface area contributed by atoms with E-state index in [9.17, 15) is 0 Å². The average molecular weight is 665 g/mol. The summed E-state index contributed by atoms with van der Waals surface area (Å²) in [6, 6.07) is 64.1. The molecule has 1 aliphatic carbocycles. The second-order valence-electron chi connectivity index (χ2n) is 14.4. The van der Waals surface area contributed by atoms with Crippen LogP contribution in [-0.2, 0) is 5.41 Å². The van der Waals surface area contributed by atoms with Crippen LogP contribution >= 0.6 is 0 Å². The number of benzene rings is 7. The third-order valence-corrected chi connectivity index (χ3v) is 11.1. The number of rotatable bonds is 5.